The summed E-state index contributed by atoms with van der Waals surface area (Å²) in [6.07, 6.45) is 5.91. The Morgan fingerprint density at radius 2 is 2.05 bits per heavy atom. The van der Waals surface area contributed by atoms with Crippen molar-refractivity contribution in [2.24, 2.45) is 5.92 Å². The molecule has 0 saturated carbocycles. The lowest BCUT2D eigenvalue weighted by molar-refractivity contribution is -0.117. The molecular weight excluding hydrogens is 266 g/mol. The van der Waals surface area contributed by atoms with Crippen LogP contribution in [0.1, 0.15) is 19.3 Å². The second-order valence-electron chi connectivity index (χ2n) is 5.33. The number of carbonyl (C=O) groups is 1. The average molecular weight is 285 g/mol. The van der Waals surface area contributed by atoms with Crippen LogP contribution in [0.15, 0.2) is 36.9 Å². The Bertz CT molecular complexity index is 573. The Morgan fingerprint density at radius 3 is 2.71 bits per heavy atom. The van der Waals surface area contributed by atoms with Crippen molar-refractivity contribution in [1.82, 2.24) is 20.1 Å². The number of benzene rings is 1. The zero-order chi connectivity index (χ0) is 14.5. The fraction of sp³-hybridized carbons (Fsp3) is 0.400. The molecule has 1 aromatic carbocycles. The number of nitrogens with one attached hydrogen (secondary N) is 2. The van der Waals surface area contributed by atoms with Gasteiger partial charge in [-0.05, 0) is 56.1 Å². The number of aromatic nitrogens is 3. The topological polar surface area (TPSA) is 71.8 Å². The summed E-state index contributed by atoms with van der Waals surface area (Å²) < 4.78 is 1.68. The molecule has 2 heterocycles. The Balaban J connectivity index is 1.56. The van der Waals surface area contributed by atoms with E-state index in [9.17, 15) is 4.79 Å². The molecule has 0 aliphatic carbocycles. The minimum absolute atomic E-state index is 0.0930. The summed E-state index contributed by atoms with van der Waals surface area (Å²) in [5.41, 5.74) is 1.74. The van der Waals surface area contributed by atoms with Gasteiger partial charge in [0.2, 0.25) is 5.91 Å². The van der Waals surface area contributed by atoms with Crippen molar-refractivity contribution in [2.75, 3.05) is 18.4 Å². The average Bonchev–Trinajstić information content (AvgIpc) is 3.03. The molecule has 2 aromatic rings. The van der Waals surface area contributed by atoms with Gasteiger partial charge in [-0.3, -0.25) is 4.79 Å². The van der Waals surface area contributed by atoms with Crippen LogP contribution in [0.4, 0.5) is 5.69 Å². The first-order chi connectivity index (χ1) is 10.3. The number of rotatable bonds is 4. The van der Waals surface area contributed by atoms with Gasteiger partial charge >= 0.3 is 0 Å². The highest BCUT2D eigenvalue weighted by molar-refractivity contribution is 5.90. The number of piperidine rings is 1. The normalized spacial score (nSPS) is 15.8. The summed E-state index contributed by atoms with van der Waals surface area (Å²) >= 11 is 0. The summed E-state index contributed by atoms with van der Waals surface area (Å²) in [4.78, 5) is 15.9. The van der Waals surface area contributed by atoms with Gasteiger partial charge in [0.15, 0.2) is 0 Å². The molecule has 0 spiro atoms. The summed E-state index contributed by atoms with van der Waals surface area (Å²) in [5.74, 6) is 0.594. The summed E-state index contributed by atoms with van der Waals surface area (Å²) in [6, 6.07) is 7.60. The molecule has 1 aliphatic rings. The summed E-state index contributed by atoms with van der Waals surface area (Å²) in [6.45, 7) is 2.04. The van der Waals surface area contributed by atoms with E-state index in [1.807, 2.05) is 24.3 Å². The molecule has 1 amide bonds. The van der Waals surface area contributed by atoms with Gasteiger partial charge in [0.25, 0.3) is 0 Å². The lowest BCUT2D eigenvalue weighted by atomic mass is 9.94. The van der Waals surface area contributed by atoms with E-state index in [0.717, 1.165) is 37.3 Å². The maximum Gasteiger partial charge on any atom is 0.224 e. The molecule has 1 aliphatic heterocycles. The van der Waals surface area contributed by atoms with Crippen LogP contribution in [0.3, 0.4) is 0 Å². The van der Waals surface area contributed by atoms with Gasteiger partial charge < -0.3 is 10.6 Å². The number of nitrogens with zero attached hydrogens (tertiary/aromatic N) is 3. The Kier molecular flexibility index (Phi) is 4.25. The SMILES string of the molecule is O=C(CC1CCNCC1)Nc1ccc(-n2cncn2)cc1. The number of hydrogen-bond acceptors (Lipinski definition) is 4. The predicted molar refractivity (Wildman–Crippen MR) is 80.2 cm³/mol. The number of hydrogen-bond donors (Lipinski definition) is 2. The van der Waals surface area contributed by atoms with Crippen LogP contribution in [0.2, 0.25) is 0 Å². The van der Waals surface area contributed by atoms with Crippen LogP contribution < -0.4 is 10.6 Å². The zero-order valence-electron chi connectivity index (χ0n) is 11.8. The fourth-order valence-corrected chi connectivity index (χ4v) is 2.60. The first-order valence-electron chi connectivity index (χ1n) is 7.27. The molecule has 3 rings (SSSR count). The van der Waals surface area contributed by atoms with Gasteiger partial charge in [-0.2, -0.15) is 5.10 Å². The van der Waals surface area contributed by atoms with Crippen molar-refractivity contribution in [3.05, 3.63) is 36.9 Å². The Morgan fingerprint density at radius 1 is 1.29 bits per heavy atom. The van der Waals surface area contributed by atoms with E-state index in [-0.39, 0.29) is 5.91 Å². The van der Waals surface area contributed by atoms with Gasteiger partial charge in [0.05, 0.1) is 5.69 Å². The molecular formula is C15H19N5O. The van der Waals surface area contributed by atoms with E-state index < -0.39 is 0 Å². The third kappa shape index (κ3) is 3.66. The van der Waals surface area contributed by atoms with Crippen molar-refractivity contribution in [2.45, 2.75) is 19.3 Å². The lowest BCUT2D eigenvalue weighted by Crippen LogP contribution is -2.30. The number of carbonyl (C=O) groups excluding carboxylic acids is 1. The number of amides is 1. The van der Waals surface area contributed by atoms with E-state index in [1.165, 1.54) is 6.33 Å². The molecule has 0 bridgehead atoms. The second kappa shape index (κ2) is 6.49. The van der Waals surface area contributed by atoms with E-state index in [1.54, 1.807) is 11.0 Å². The van der Waals surface area contributed by atoms with Crippen molar-refractivity contribution in [3.8, 4) is 5.69 Å². The Labute approximate surface area is 123 Å². The van der Waals surface area contributed by atoms with Crippen LogP contribution in [-0.2, 0) is 4.79 Å². The summed E-state index contributed by atoms with van der Waals surface area (Å²) in [7, 11) is 0. The monoisotopic (exact) mass is 285 g/mol. The van der Waals surface area contributed by atoms with Crippen LogP contribution in [0.5, 0.6) is 0 Å². The van der Waals surface area contributed by atoms with E-state index in [0.29, 0.717) is 12.3 Å². The minimum atomic E-state index is 0.0930. The quantitative estimate of drug-likeness (QED) is 0.895. The van der Waals surface area contributed by atoms with Crippen molar-refractivity contribution < 1.29 is 4.79 Å². The molecule has 0 radical (unpaired) electrons. The van der Waals surface area contributed by atoms with E-state index in [4.69, 9.17) is 0 Å². The molecule has 1 aromatic heterocycles. The minimum Gasteiger partial charge on any atom is -0.326 e. The van der Waals surface area contributed by atoms with Gasteiger partial charge in [-0.15, -0.1) is 0 Å². The zero-order valence-corrected chi connectivity index (χ0v) is 11.8. The highest BCUT2D eigenvalue weighted by Gasteiger charge is 2.16. The molecule has 6 heteroatoms. The first kappa shape index (κ1) is 13.8. The van der Waals surface area contributed by atoms with Crippen LogP contribution in [0, 0.1) is 5.92 Å². The van der Waals surface area contributed by atoms with E-state index >= 15 is 0 Å². The van der Waals surface area contributed by atoms with Gasteiger partial charge in [0, 0.05) is 12.1 Å². The van der Waals surface area contributed by atoms with Crippen molar-refractivity contribution in [3.63, 3.8) is 0 Å². The predicted octanol–water partition coefficient (Wildman–Crippen LogP) is 1.60. The molecule has 1 fully saturated rings. The lowest BCUT2D eigenvalue weighted by Gasteiger charge is -2.21. The third-order valence-corrected chi connectivity index (χ3v) is 3.77. The highest BCUT2D eigenvalue weighted by Crippen LogP contribution is 2.18. The van der Waals surface area contributed by atoms with Gasteiger partial charge in [0.1, 0.15) is 12.7 Å². The Hall–Kier alpha value is -2.21. The van der Waals surface area contributed by atoms with Crippen LogP contribution >= 0.6 is 0 Å². The standard InChI is InChI=1S/C15H19N5O/c21-15(9-12-5-7-16-8-6-12)19-13-1-3-14(4-2-13)20-11-17-10-18-20/h1-4,10-12,16H,5-9H2,(H,19,21). The maximum absolute atomic E-state index is 12.0. The molecule has 2 N–H and O–H groups in total. The highest BCUT2D eigenvalue weighted by atomic mass is 16.1. The smallest absolute Gasteiger partial charge is 0.224 e. The molecule has 6 nitrogen and oxygen atoms in total. The third-order valence-electron chi connectivity index (χ3n) is 3.77. The van der Waals surface area contributed by atoms with Gasteiger partial charge in [-0.1, -0.05) is 0 Å². The molecule has 110 valence electrons. The maximum atomic E-state index is 12.0. The largest absolute Gasteiger partial charge is 0.326 e. The van der Waals surface area contributed by atoms with Crippen molar-refractivity contribution >= 4 is 11.6 Å². The summed E-state index contributed by atoms with van der Waals surface area (Å²) in [5, 5.41) is 10.3. The van der Waals surface area contributed by atoms with Crippen LogP contribution in [-0.4, -0.2) is 33.8 Å². The van der Waals surface area contributed by atoms with E-state index in [2.05, 4.69) is 20.7 Å². The van der Waals surface area contributed by atoms with Gasteiger partial charge in [-0.25, -0.2) is 9.67 Å². The molecule has 0 unspecified atom stereocenters. The van der Waals surface area contributed by atoms with Crippen LogP contribution in [0.25, 0.3) is 5.69 Å². The molecule has 21 heavy (non-hydrogen) atoms. The number of anilines is 1. The molecule has 1 saturated heterocycles. The fourth-order valence-electron chi connectivity index (χ4n) is 2.60. The first-order valence-corrected chi connectivity index (χ1v) is 7.27. The van der Waals surface area contributed by atoms with Crippen molar-refractivity contribution in [1.29, 1.82) is 0 Å². The molecule has 0 atom stereocenters. The second-order valence-corrected chi connectivity index (χ2v) is 5.33.